The summed E-state index contributed by atoms with van der Waals surface area (Å²) < 4.78 is 0. The van der Waals surface area contributed by atoms with Gasteiger partial charge >= 0.3 is 0 Å². The fourth-order valence-corrected chi connectivity index (χ4v) is 6.48. The molecule has 0 bridgehead atoms. The molecule has 194 valence electrons. The highest BCUT2D eigenvalue weighted by Crippen LogP contribution is 2.52. The zero-order valence-corrected chi connectivity index (χ0v) is 23.2. The second-order valence-corrected chi connectivity index (χ2v) is 10.1. The van der Waals surface area contributed by atoms with Gasteiger partial charge in [0.1, 0.15) is 12.1 Å². The Morgan fingerprint density at radius 2 is 1.72 bits per heavy atom. The van der Waals surface area contributed by atoms with Gasteiger partial charge < -0.3 is 10.6 Å². The molecule has 0 radical (unpaired) electrons. The number of fused-ring (bicyclic) bond motifs is 3. The van der Waals surface area contributed by atoms with E-state index in [4.69, 9.17) is 10.7 Å². The monoisotopic (exact) mass is 547 g/mol. The third kappa shape index (κ3) is 4.84. The molecular weight excluding hydrogens is 513 g/mol. The predicted octanol–water partition coefficient (Wildman–Crippen LogP) is 5.94. The Morgan fingerprint density at radius 3 is 2.44 bits per heavy atom. The van der Waals surface area contributed by atoms with Gasteiger partial charge in [-0.2, -0.15) is 0 Å². The van der Waals surface area contributed by atoms with Crippen LogP contribution >= 0.6 is 37.2 Å². The maximum Gasteiger partial charge on any atom is 0.140 e. The molecule has 1 atom stereocenters. The van der Waals surface area contributed by atoms with Crippen LogP contribution in [0.5, 0.6) is 0 Å². The first-order chi connectivity index (χ1) is 16.2. The number of aromatic nitrogens is 2. The van der Waals surface area contributed by atoms with Crippen molar-refractivity contribution in [3.8, 4) is 0 Å². The molecule has 2 aliphatic heterocycles. The highest BCUT2D eigenvalue weighted by atomic mass is 35.5. The number of benzene rings is 2. The third-order valence-electron chi connectivity index (χ3n) is 8.20. The maximum absolute atomic E-state index is 6.28. The van der Waals surface area contributed by atoms with Gasteiger partial charge in [0.15, 0.2) is 0 Å². The van der Waals surface area contributed by atoms with E-state index in [1.165, 1.54) is 40.1 Å². The largest absolute Gasteiger partial charge is 0.326 e. The molecule has 3 aromatic rings. The van der Waals surface area contributed by atoms with Crippen molar-refractivity contribution in [2.24, 2.45) is 5.73 Å². The van der Waals surface area contributed by atoms with Gasteiger partial charge in [0.2, 0.25) is 0 Å². The molecular formula is C28H36Cl3N5. The normalized spacial score (nSPS) is 19.6. The highest BCUT2D eigenvalue weighted by Gasteiger charge is 2.47. The Balaban J connectivity index is 0.00000120. The molecule has 1 saturated heterocycles. The molecule has 6 rings (SSSR count). The van der Waals surface area contributed by atoms with E-state index in [0.29, 0.717) is 12.5 Å². The van der Waals surface area contributed by atoms with Crippen LogP contribution in [-0.2, 0) is 24.9 Å². The van der Waals surface area contributed by atoms with Crippen LogP contribution in [0, 0.1) is 0 Å². The van der Waals surface area contributed by atoms with Crippen LogP contribution in [0.25, 0.3) is 0 Å². The van der Waals surface area contributed by atoms with Crippen LogP contribution in [0.1, 0.15) is 60.1 Å². The van der Waals surface area contributed by atoms with E-state index in [-0.39, 0.29) is 42.6 Å². The number of aryl methyl sites for hydroxylation is 1. The van der Waals surface area contributed by atoms with E-state index >= 15 is 0 Å². The Hall–Kier alpha value is -1.89. The first kappa shape index (κ1) is 28.7. The number of nitrogens with two attached hydrogens (primary N) is 1. The molecule has 2 N–H and O–H groups in total. The van der Waals surface area contributed by atoms with Crippen LogP contribution in [0.3, 0.4) is 0 Å². The summed E-state index contributed by atoms with van der Waals surface area (Å²) in [5.41, 5.74) is 14.5. The first-order valence-corrected chi connectivity index (χ1v) is 12.4. The lowest BCUT2D eigenvalue weighted by atomic mass is 9.72. The average molecular weight is 549 g/mol. The molecule has 1 aliphatic carbocycles. The van der Waals surface area contributed by atoms with Crippen molar-refractivity contribution in [1.82, 2.24) is 14.9 Å². The minimum atomic E-state index is 0. The Morgan fingerprint density at radius 1 is 0.972 bits per heavy atom. The molecule has 2 aromatic carbocycles. The summed E-state index contributed by atoms with van der Waals surface area (Å²) in [4.78, 5) is 14.6. The summed E-state index contributed by atoms with van der Waals surface area (Å²) >= 11 is 0. The molecule has 8 heteroatoms. The van der Waals surface area contributed by atoms with Gasteiger partial charge in [-0.1, -0.05) is 49.4 Å². The van der Waals surface area contributed by atoms with E-state index in [1.807, 2.05) is 0 Å². The molecule has 0 amide bonds. The molecule has 3 aliphatic rings. The van der Waals surface area contributed by atoms with Gasteiger partial charge in [-0.25, -0.2) is 9.97 Å². The lowest BCUT2D eigenvalue weighted by molar-refractivity contribution is 0.160. The Kier molecular flexibility index (Phi) is 9.29. The van der Waals surface area contributed by atoms with Gasteiger partial charge in [-0.3, -0.25) is 4.90 Å². The number of anilines is 2. The number of hydrogen-bond acceptors (Lipinski definition) is 5. The Bertz CT molecular complexity index is 1170. The Labute approximate surface area is 233 Å². The zero-order chi connectivity index (χ0) is 22.4. The van der Waals surface area contributed by atoms with Crippen molar-refractivity contribution in [1.29, 1.82) is 0 Å². The van der Waals surface area contributed by atoms with Crippen molar-refractivity contribution in [3.05, 3.63) is 82.8 Å². The number of nitrogens with zero attached hydrogens (tertiary/aromatic N) is 4. The van der Waals surface area contributed by atoms with Gasteiger partial charge in [0.25, 0.3) is 0 Å². The van der Waals surface area contributed by atoms with Gasteiger partial charge in [-0.05, 0) is 67.4 Å². The van der Waals surface area contributed by atoms with E-state index in [9.17, 15) is 0 Å². The SMILES string of the molecule is CC1CCc2ncnc(N3CC4(CCN(Cc5ccccc5)CC4)c4c(CN)cccc43)c21.Cl.Cl.Cl. The number of halogens is 3. The average Bonchev–Trinajstić information content (AvgIpc) is 3.40. The summed E-state index contributed by atoms with van der Waals surface area (Å²) in [5, 5.41) is 0. The van der Waals surface area contributed by atoms with Gasteiger partial charge in [0.05, 0.1) is 0 Å². The van der Waals surface area contributed by atoms with Gasteiger partial charge in [0, 0.05) is 42.0 Å². The topological polar surface area (TPSA) is 58.3 Å². The number of hydrogen-bond donors (Lipinski definition) is 1. The van der Waals surface area contributed by atoms with Gasteiger partial charge in [-0.15, -0.1) is 37.2 Å². The molecule has 36 heavy (non-hydrogen) atoms. The molecule has 3 heterocycles. The first-order valence-electron chi connectivity index (χ1n) is 12.4. The van der Waals surface area contributed by atoms with Crippen molar-refractivity contribution < 1.29 is 0 Å². The maximum atomic E-state index is 6.28. The number of likely N-dealkylation sites (tertiary alicyclic amines) is 1. The van der Waals surface area contributed by atoms with Crippen molar-refractivity contribution in [2.75, 3.05) is 24.5 Å². The van der Waals surface area contributed by atoms with Crippen molar-refractivity contribution in [3.63, 3.8) is 0 Å². The highest BCUT2D eigenvalue weighted by molar-refractivity contribution is 5.86. The molecule has 1 spiro atoms. The second kappa shape index (κ2) is 11.7. The minimum absolute atomic E-state index is 0. The lowest BCUT2D eigenvalue weighted by Crippen LogP contribution is -2.44. The summed E-state index contributed by atoms with van der Waals surface area (Å²) in [7, 11) is 0. The van der Waals surface area contributed by atoms with Crippen molar-refractivity contribution >= 4 is 48.7 Å². The quantitative estimate of drug-likeness (QED) is 0.437. The van der Waals surface area contributed by atoms with Crippen LogP contribution in [0.2, 0.25) is 0 Å². The third-order valence-corrected chi connectivity index (χ3v) is 8.20. The number of piperidine rings is 1. The zero-order valence-electron chi connectivity index (χ0n) is 20.7. The molecule has 5 nitrogen and oxygen atoms in total. The molecule has 1 unspecified atom stereocenters. The van der Waals surface area contributed by atoms with Crippen LogP contribution in [-0.4, -0.2) is 34.5 Å². The molecule has 1 aromatic heterocycles. The fraction of sp³-hybridized carbons (Fsp3) is 0.429. The van der Waals surface area contributed by atoms with E-state index < -0.39 is 0 Å². The fourth-order valence-electron chi connectivity index (χ4n) is 6.48. The number of rotatable bonds is 4. The van der Waals surface area contributed by atoms with E-state index in [1.54, 1.807) is 6.33 Å². The van der Waals surface area contributed by atoms with Crippen LogP contribution < -0.4 is 10.6 Å². The van der Waals surface area contributed by atoms with Crippen LogP contribution in [0.15, 0.2) is 54.9 Å². The molecule has 0 saturated carbocycles. The summed E-state index contributed by atoms with van der Waals surface area (Å²) in [5.74, 6) is 1.64. The standard InChI is InChI=1S/C28H33N5.3ClH/c1-20-10-11-23-25(20)27(31-19-30-23)33-18-28(26-22(16-29)8-5-9-24(26)33)12-14-32(15-13-28)17-21-6-3-2-4-7-21;;;/h2-9,19-20H,10-18,29H2,1H3;3*1H. The van der Waals surface area contributed by atoms with Crippen molar-refractivity contribution in [2.45, 2.75) is 57.0 Å². The van der Waals surface area contributed by atoms with E-state index in [0.717, 1.165) is 51.3 Å². The summed E-state index contributed by atoms with van der Waals surface area (Å²) in [6, 6.07) is 17.5. The molecule has 1 fully saturated rings. The smallest absolute Gasteiger partial charge is 0.140 e. The summed E-state index contributed by atoms with van der Waals surface area (Å²) in [6.45, 7) is 7.16. The lowest BCUT2D eigenvalue weighted by Gasteiger charge is -2.40. The predicted molar refractivity (Wildman–Crippen MR) is 154 cm³/mol. The van der Waals surface area contributed by atoms with E-state index in [2.05, 4.69) is 70.2 Å². The second-order valence-electron chi connectivity index (χ2n) is 10.1. The van der Waals surface area contributed by atoms with Crippen LogP contribution in [0.4, 0.5) is 11.5 Å². The minimum Gasteiger partial charge on any atom is -0.326 e. The summed E-state index contributed by atoms with van der Waals surface area (Å²) in [6.07, 6.45) is 6.32.